The van der Waals surface area contributed by atoms with Gasteiger partial charge in [0.05, 0.1) is 17.8 Å². The molecule has 0 N–H and O–H groups in total. The first kappa shape index (κ1) is 16.6. The van der Waals surface area contributed by atoms with Gasteiger partial charge < -0.3 is 4.90 Å². The number of aromatic nitrogens is 3. The van der Waals surface area contributed by atoms with E-state index < -0.39 is 0 Å². The first-order valence-corrected chi connectivity index (χ1v) is 8.43. The highest BCUT2D eigenvalue weighted by Crippen LogP contribution is 2.15. The third-order valence-corrected chi connectivity index (χ3v) is 4.82. The van der Waals surface area contributed by atoms with E-state index in [0.717, 1.165) is 55.4 Å². The Morgan fingerprint density at radius 1 is 1.17 bits per heavy atom. The Bertz CT molecular complexity index is 702. The van der Waals surface area contributed by atoms with Crippen molar-refractivity contribution in [3.8, 4) is 0 Å². The molecule has 1 saturated heterocycles. The summed E-state index contributed by atoms with van der Waals surface area (Å²) >= 11 is 0. The maximum Gasteiger partial charge on any atom is 0.227 e. The van der Waals surface area contributed by atoms with Gasteiger partial charge in [-0.15, -0.1) is 0 Å². The molecule has 6 nitrogen and oxygen atoms in total. The first-order chi connectivity index (χ1) is 11.5. The molecule has 0 bridgehead atoms. The second kappa shape index (κ2) is 7.13. The lowest BCUT2D eigenvalue weighted by Crippen LogP contribution is -2.48. The molecule has 1 amide bonds. The van der Waals surface area contributed by atoms with Gasteiger partial charge in [0.1, 0.15) is 0 Å². The van der Waals surface area contributed by atoms with Crippen LogP contribution in [0.1, 0.15) is 22.6 Å². The van der Waals surface area contributed by atoms with Gasteiger partial charge in [0.2, 0.25) is 5.91 Å². The largest absolute Gasteiger partial charge is 0.340 e. The van der Waals surface area contributed by atoms with E-state index in [1.807, 2.05) is 54.9 Å². The molecule has 0 radical (unpaired) electrons. The topological polar surface area (TPSA) is 54.3 Å². The lowest BCUT2D eigenvalue weighted by atomic mass is 10.1. The maximum absolute atomic E-state index is 12.6. The third-order valence-electron chi connectivity index (χ3n) is 4.82. The summed E-state index contributed by atoms with van der Waals surface area (Å²) in [5.74, 6) is 0.201. The van der Waals surface area contributed by atoms with Crippen molar-refractivity contribution in [3.63, 3.8) is 0 Å². The predicted octanol–water partition coefficient (Wildman–Crippen LogP) is 1.32. The number of aryl methyl sites for hydroxylation is 2. The minimum atomic E-state index is 0.201. The molecule has 0 aliphatic carbocycles. The number of pyridine rings is 1. The lowest BCUT2D eigenvalue weighted by Gasteiger charge is -2.34. The Morgan fingerprint density at radius 2 is 1.92 bits per heavy atom. The average Bonchev–Trinajstić information content (AvgIpc) is 2.83. The summed E-state index contributed by atoms with van der Waals surface area (Å²) in [7, 11) is 1.92. The van der Waals surface area contributed by atoms with Crippen LogP contribution in [0.25, 0.3) is 0 Å². The van der Waals surface area contributed by atoms with Gasteiger partial charge >= 0.3 is 0 Å². The van der Waals surface area contributed by atoms with E-state index in [2.05, 4.69) is 15.0 Å². The predicted molar refractivity (Wildman–Crippen MR) is 92.5 cm³/mol. The van der Waals surface area contributed by atoms with Crippen LogP contribution in [0.15, 0.2) is 24.4 Å². The zero-order chi connectivity index (χ0) is 17.1. The van der Waals surface area contributed by atoms with Crippen LogP contribution in [0.4, 0.5) is 0 Å². The van der Waals surface area contributed by atoms with Crippen molar-refractivity contribution < 1.29 is 4.79 Å². The van der Waals surface area contributed by atoms with Gasteiger partial charge in [-0.25, -0.2) is 0 Å². The molecule has 1 aliphatic rings. The van der Waals surface area contributed by atoms with Crippen molar-refractivity contribution in [3.05, 3.63) is 47.0 Å². The van der Waals surface area contributed by atoms with Crippen molar-refractivity contribution in [2.75, 3.05) is 26.2 Å². The van der Waals surface area contributed by atoms with Crippen LogP contribution in [0, 0.1) is 13.8 Å². The van der Waals surface area contributed by atoms with Crippen LogP contribution in [0.3, 0.4) is 0 Å². The number of carbonyl (C=O) groups excluding carboxylic acids is 1. The normalized spacial score (nSPS) is 15.7. The first-order valence-electron chi connectivity index (χ1n) is 8.43. The fourth-order valence-corrected chi connectivity index (χ4v) is 3.21. The molecule has 0 aromatic carbocycles. The monoisotopic (exact) mass is 327 g/mol. The van der Waals surface area contributed by atoms with Crippen LogP contribution < -0.4 is 0 Å². The molecule has 1 aliphatic heterocycles. The molecule has 2 aromatic heterocycles. The summed E-state index contributed by atoms with van der Waals surface area (Å²) in [6.07, 6.45) is 2.28. The fraction of sp³-hybridized carbons (Fsp3) is 0.500. The number of nitrogens with zero attached hydrogens (tertiary/aromatic N) is 5. The highest BCUT2D eigenvalue weighted by molar-refractivity contribution is 5.79. The van der Waals surface area contributed by atoms with E-state index in [0.29, 0.717) is 6.42 Å². The van der Waals surface area contributed by atoms with Crippen molar-refractivity contribution in [1.82, 2.24) is 24.6 Å². The summed E-state index contributed by atoms with van der Waals surface area (Å²) < 4.78 is 1.85. The molecule has 0 saturated carbocycles. The summed E-state index contributed by atoms with van der Waals surface area (Å²) in [5, 5.41) is 4.40. The Morgan fingerprint density at radius 3 is 2.50 bits per heavy atom. The maximum atomic E-state index is 12.6. The van der Waals surface area contributed by atoms with Gasteiger partial charge in [-0.3, -0.25) is 19.4 Å². The van der Waals surface area contributed by atoms with Crippen molar-refractivity contribution >= 4 is 5.91 Å². The minimum absolute atomic E-state index is 0.201. The lowest BCUT2D eigenvalue weighted by molar-refractivity contribution is -0.132. The molecule has 1 fully saturated rings. The third kappa shape index (κ3) is 3.64. The molecular weight excluding hydrogens is 302 g/mol. The van der Waals surface area contributed by atoms with Crippen LogP contribution >= 0.6 is 0 Å². The smallest absolute Gasteiger partial charge is 0.227 e. The van der Waals surface area contributed by atoms with Crippen molar-refractivity contribution in [2.45, 2.75) is 26.8 Å². The van der Waals surface area contributed by atoms with E-state index in [9.17, 15) is 4.79 Å². The van der Waals surface area contributed by atoms with Gasteiger partial charge in [0.15, 0.2) is 0 Å². The number of amides is 1. The fourth-order valence-electron chi connectivity index (χ4n) is 3.21. The number of hydrogen-bond donors (Lipinski definition) is 0. The zero-order valence-corrected chi connectivity index (χ0v) is 14.7. The quantitative estimate of drug-likeness (QED) is 0.850. The van der Waals surface area contributed by atoms with E-state index in [4.69, 9.17) is 0 Å². The SMILES string of the molecule is Cc1nn(C)c(C)c1CC(=O)N1CCN(Cc2ccccn2)CC1. The molecule has 3 heterocycles. The second-order valence-corrected chi connectivity index (χ2v) is 6.43. The van der Waals surface area contributed by atoms with E-state index >= 15 is 0 Å². The Kier molecular flexibility index (Phi) is 4.94. The number of carbonyl (C=O) groups is 1. The van der Waals surface area contributed by atoms with Crippen molar-refractivity contribution in [1.29, 1.82) is 0 Å². The second-order valence-electron chi connectivity index (χ2n) is 6.43. The Balaban J connectivity index is 1.53. The summed E-state index contributed by atoms with van der Waals surface area (Å²) in [6.45, 7) is 8.20. The van der Waals surface area contributed by atoms with Crippen LogP contribution in [-0.2, 0) is 24.8 Å². The molecule has 0 unspecified atom stereocenters. The highest BCUT2D eigenvalue weighted by Gasteiger charge is 2.23. The van der Waals surface area contributed by atoms with Crippen molar-refractivity contribution in [2.24, 2.45) is 7.05 Å². The number of rotatable bonds is 4. The summed E-state index contributed by atoms with van der Waals surface area (Å²) in [5.41, 5.74) is 4.18. The van der Waals surface area contributed by atoms with Gasteiger partial charge in [-0.1, -0.05) is 6.07 Å². The molecule has 0 spiro atoms. The molecule has 6 heteroatoms. The number of hydrogen-bond acceptors (Lipinski definition) is 4. The standard InChI is InChI=1S/C18H25N5O/c1-14-17(15(2)21(3)20-14)12-18(24)23-10-8-22(9-11-23)13-16-6-4-5-7-19-16/h4-7H,8-13H2,1-3H3. The van der Waals surface area contributed by atoms with Gasteiger partial charge in [-0.05, 0) is 26.0 Å². The average molecular weight is 327 g/mol. The molecular formula is C18H25N5O. The number of piperazine rings is 1. The van der Waals surface area contributed by atoms with E-state index in [1.54, 1.807) is 0 Å². The Hall–Kier alpha value is -2.21. The van der Waals surface area contributed by atoms with Gasteiger partial charge in [-0.2, -0.15) is 5.10 Å². The van der Waals surface area contributed by atoms with Crippen LogP contribution in [0.2, 0.25) is 0 Å². The van der Waals surface area contributed by atoms with Gasteiger partial charge in [0.25, 0.3) is 0 Å². The van der Waals surface area contributed by atoms with E-state index in [-0.39, 0.29) is 5.91 Å². The molecule has 2 aromatic rings. The summed E-state index contributed by atoms with van der Waals surface area (Å²) in [4.78, 5) is 21.3. The molecule has 128 valence electrons. The minimum Gasteiger partial charge on any atom is -0.340 e. The van der Waals surface area contributed by atoms with Gasteiger partial charge in [0, 0.05) is 57.2 Å². The zero-order valence-electron chi connectivity index (χ0n) is 14.7. The Labute approximate surface area is 143 Å². The van der Waals surface area contributed by atoms with Crippen LogP contribution in [-0.4, -0.2) is 56.7 Å². The summed E-state index contributed by atoms with van der Waals surface area (Å²) in [6, 6.07) is 5.99. The molecule has 24 heavy (non-hydrogen) atoms. The van der Waals surface area contributed by atoms with E-state index in [1.165, 1.54) is 0 Å². The molecule has 0 atom stereocenters. The highest BCUT2D eigenvalue weighted by atomic mass is 16.2. The van der Waals surface area contributed by atoms with Crippen LogP contribution in [0.5, 0.6) is 0 Å². The molecule has 3 rings (SSSR count).